The van der Waals surface area contributed by atoms with E-state index < -0.39 is 0 Å². The Kier molecular flexibility index (Phi) is 6.39. The number of hydrogen-bond donors (Lipinski definition) is 0. The van der Waals surface area contributed by atoms with Gasteiger partial charge < -0.3 is 14.4 Å². The highest BCUT2D eigenvalue weighted by Crippen LogP contribution is 2.29. The first kappa shape index (κ1) is 21.2. The van der Waals surface area contributed by atoms with Gasteiger partial charge in [-0.05, 0) is 56.0 Å². The molecule has 0 unspecified atom stereocenters. The molecule has 0 spiro atoms. The highest BCUT2D eigenvalue weighted by molar-refractivity contribution is 5.78. The van der Waals surface area contributed by atoms with E-state index in [9.17, 15) is 4.79 Å². The first-order valence-electron chi connectivity index (χ1n) is 11.0. The predicted octanol–water partition coefficient (Wildman–Crippen LogP) is 3.94. The molecule has 0 aliphatic carbocycles. The minimum absolute atomic E-state index is 0.00186. The predicted molar refractivity (Wildman–Crippen MR) is 120 cm³/mol. The Morgan fingerprint density at radius 2 is 2.10 bits per heavy atom. The third kappa shape index (κ3) is 4.65. The molecule has 0 radical (unpaired) electrons. The van der Waals surface area contributed by atoms with Gasteiger partial charge >= 0.3 is 0 Å². The fourth-order valence-corrected chi connectivity index (χ4v) is 4.14. The van der Waals surface area contributed by atoms with E-state index in [-0.39, 0.29) is 18.4 Å². The van der Waals surface area contributed by atoms with E-state index in [1.54, 1.807) is 7.11 Å². The lowest BCUT2D eigenvalue weighted by Crippen LogP contribution is -2.41. The largest absolute Gasteiger partial charge is 0.493 e. The number of pyridine rings is 1. The lowest BCUT2D eigenvalue weighted by Gasteiger charge is -2.32. The number of aromatic nitrogens is 3. The zero-order valence-corrected chi connectivity index (χ0v) is 18.5. The van der Waals surface area contributed by atoms with Crippen LogP contribution in [0.15, 0.2) is 36.5 Å². The number of amides is 1. The van der Waals surface area contributed by atoms with Gasteiger partial charge in [-0.2, -0.15) is 5.10 Å². The van der Waals surface area contributed by atoms with Crippen LogP contribution in [0.5, 0.6) is 11.5 Å². The van der Waals surface area contributed by atoms with Gasteiger partial charge in [0.1, 0.15) is 0 Å². The molecule has 0 bridgehead atoms. The van der Waals surface area contributed by atoms with Crippen molar-refractivity contribution in [2.75, 3.05) is 26.8 Å². The Morgan fingerprint density at radius 1 is 1.23 bits per heavy atom. The average molecular weight is 423 g/mol. The quantitative estimate of drug-likeness (QED) is 0.577. The Morgan fingerprint density at radius 3 is 2.90 bits per heavy atom. The normalized spacial score (nSPS) is 16.5. The van der Waals surface area contributed by atoms with Crippen LogP contribution in [0.4, 0.5) is 0 Å². The molecular formula is C24H30N4O3. The number of ether oxygens (including phenoxy) is 2. The molecular weight excluding hydrogens is 392 g/mol. The highest BCUT2D eigenvalue weighted by Gasteiger charge is 2.26. The molecule has 1 fully saturated rings. The number of carbonyl (C=O) groups is 1. The number of methoxy groups -OCH3 is 1. The molecule has 1 aromatic carbocycles. The summed E-state index contributed by atoms with van der Waals surface area (Å²) in [6.07, 6.45) is 4.87. The zero-order valence-electron chi connectivity index (χ0n) is 18.5. The third-order valence-corrected chi connectivity index (χ3v) is 5.81. The number of piperidine rings is 1. The van der Waals surface area contributed by atoms with Crippen LogP contribution in [0.25, 0.3) is 11.0 Å². The SMILES string of the molecule is CCCn1ncc2ccc([C@H]3CCCN(C(=O)COc4ccc(C)cc4OC)C3)nc21. The average Bonchev–Trinajstić information content (AvgIpc) is 3.20. The van der Waals surface area contributed by atoms with Crippen molar-refractivity contribution < 1.29 is 14.3 Å². The third-order valence-electron chi connectivity index (χ3n) is 5.81. The van der Waals surface area contributed by atoms with Gasteiger partial charge in [0.15, 0.2) is 23.8 Å². The van der Waals surface area contributed by atoms with E-state index in [2.05, 4.69) is 24.2 Å². The maximum Gasteiger partial charge on any atom is 0.260 e. The Balaban J connectivity index is 1.43. The van der Waals surface area contributed by atoms with Crippen LogP contribution >= 0.6 is 0 Å². The molecule has 1 amide bonds. The molecule has 164 valence electrons. The minimum Gasteiger partial charge on any atom is -0.493 e. The summed E-state index contributed by atoms with van der Waals surface area (Å²) in [7, 11) is 1.61. The van der Waals surface area contributed by atoms with Crippen LogP contribution in [0.2, 0.25) is 0 Å². The number of aryl methyl sites for hydroxylation is 2. The number of fused-ring (bicyclic) bond motifs is 1. The number of carbonyl (C=O) groups excluding carboxylic acids is 1. The molecule has 0 N–H and O–H groups in total. The molecule has 1 aliphatic rings. The highest BCUT2D eigenvalue weighted by atomic mass is 16.5. The van der Waals surface area contributed by atoms with Crippen LogP contribution in [0.1, 0.15) is 43.4 Å². The van der Waals surface area contributed by atoms with E-state index in [1.165, 1.54) is 0 Å². The Bertz CT molecular complexity index is 1060. The minimum atomic E-state index is -0.00979. The lowest BCUT2D eigenvalue weighted by atomic mass is 9.94. The molecule has 31 heavy (non-hydrogen) atoms. The molecule has 7 heteroatoms. The van der Waals surface area contributed by atoms with Gasteiger partial charge in [0.25, 0.3) is 5.91 Å². The van der Waals surface area contributed by atoms with E-state index >= 15 is 0 Å². The molecule has 1 saturated heterocycles. The summed E-state index contributed by atoms with van der Waals surface area (Å²) in [5.74, 6) is 1.45. The summed E-state index contributed by atoms with van der Waals surface area (Å²) in [6, 6.07) is 9.86. The molecule has 7 nitrogen and oxygen atoms in total. The maximum absolute atomic E-state index is 12.9. The van der Waals surface area contributed by atoms with Crippen LogP contribution in [-0.4, -0.2) is 52.4 Å². The van der Waals surface area contributed by atoms with Crippen LogP contribution in [0, 0.1) is 6.92 Å². The molecule has 3 heterocycles. The summed E-state index contributed by atoms with van der Waals surface area (Å²) < 4.78 is 13.1. The van der Waals surface area contributed by atoms with Crippen molar-refractivity contribution in [1.82, 2.24) is 19.7 Å². The van der Waals surface area contributed by atoms with Crippen LogP contribution < -0.4 is 9.47 Å². The number of benzene rings is 1. The summed E-state index contributed by atoms with van der Waals surface area (Å²) >= 11 is 0. The summed E-state index contributed by atoms with van der Waals surface area (Å²) in [4.78, 5) is 19.7. The Hall–Kier alpha value is -3.09. The summed E-state index contributed by atoms with van der Waals surface area (Å²) in [5, 5.41) is 5.51. The maximum atomic E-state index is 12.9. The second kappa shape index (κ2) is 9.37. The first-order valence-corrected chi connectivity index (χ1v) is 11.0. The van der Waals surface area contributed by atoms with Gasteiger partial charge in [-0.1, -0.05) is 13.0 Å². The monoisotopic (exact) mass is 422 g/mol. The van der Waals surface area contributed by atoms with Gasteiger partial charge in [0.2, 0.25) is 0 Å². The Labute approximate surface area is 183 Å². The van der Waals surface area contributed by atoms with E-state index in [0.717, 1.165) is 54.6 Å². The van der Waals surface area contributed by atoms with E-state index in [1.807, 2.05) is 40.9 Å². The number of likely N-dealkylation sites (tertiary alicyclic amines) is 1. The van der Waals surface area contributed by atoms with Gasteiger partial charge in [0.05, 0.1) is 13.3 Å². The molecule has 1 aliphatic heterocycles. The topological polar surface area (TPSA) is 69.5 Å². The van der Waals surface area contributed by atoms with Crippen molar-refractivity contribution in [2.45, 2.75) is 45.6 Å². The first-order chi connectivity index (χ1) is 15.1. The van der Waals surface area contributed by atoms with Crippen molar-refractivity contribution in [3.63, 3.8) is 0 Å². The van der Waals surface area contributed by atoms with Crippen molar-refractivity contribution in [3.05, 3.63) is 47.8 Å². The number of nitrogens with zero attached hydrogens (tertiary/aromatic N) is 4. The van der Waals surface area contributed by atoms with Crippen LogP contribution in [0.3, 0.4) is 0 Å². The van der Waals surface area contributed by atoms with Crippen molar-refractivity contribution in [2.24, 2.45) is 0 Å². The van der Waals surface area contributed by atoms with Gasteiger partial charge in [-0.3, -0.25) is 4.79 Å². The fraction of sp³-hybridized carbons (Fsp3) is 0.458. The molecule has 2 aromatic heterocycles. The van der Waals surface area contributed by atoms with Crippen molar-refractivity contribution in [1.29, 1.82) is 0 Å². The standard InChI is InChI=1S/C24H30N4O3/c1-4-11-28-24-18(14-25-28)8-9-20(26-24)19-6-5-12-27(15-19)23(29)16-31-21-10-7-17(2)13-22(21)30-3/h7-10,13-14,19H,4-6,11-12,15-16H2,1-3H3/t19-/m0/s1. The van der Waals surface area contributed by atoms with E-state index in [0.29, 0.717) is 18.0 Å². The zero-order chi connectivity index (χ0) is 21.8. The lowest BCUT2D eigenvalue weighted by molar-refractivity contribution is -0.134. The second-order valence-corrected chi connectivity index (χ2v) is 8.14. The summed E-state index contributed by atoms with van der Waals surface area (Å²) in [6.45, 7) is 6.40. The van der Waals surface area contributed by atoms with Gasteiger partial charge in [-0.15, -0.1) is 0 Å². The molecule has 4 rings (SSSR count). The van der Waals surface area contributed by atoms with E-state index in [4.69, 9.17) is 14.5 Å². The van der Waals surface area contributed by atoms with Gasteiger partial charge in [-0.25, -0.2) is 9.67 Å². The van der Waals surface area contributed by atoms with Crippen molar-refractivity contribution in [3.8, 4) is 11.5 Å². The molecule has 3 aromatic rings. The smallest absolute Gasteiger partial charge is 0.260 e. The number of rotatable bonds is 7. The fourth-order valence-electron chi connectivity index (χ4n) is 4.14. The van der Waals surface area contributed by atoms with Crippen molar-refractivity contribution >= 4 is 16.9 Å². The molecule has 0 saturated carbocycles. The second-order valence-electron chi connectivity index (χ2n) is 8.14. The van der Waals surface area contributed by atoms with Gasteiger partial charge in [0, 0.05) is 36.6 Å². The van der Waals surface area contributed by atoms with Crippen LogP contribution in [-0.2, 0) is 11.3 Å². The summed E-state index contributed by atoms with van der Waals surface area (Å²) in [5.41, 5.74) is 3.04. The number of hydrogen-bond acceptors (Lipinski definition) is 5. The molecule has 1 atom stereocenters.